The van der Waals surface area contributed by atoms with Crippen LogP contribution in [-0.2, 0) is 6.42 Å². The molecule has 0 aliphatic heterocycles. The Morgan fingerprint density at radius 1 is 0.654 bits per heavy atom. The van der Waals surface area contributed by atoms with Crippen molar-refractivity contribution < 1.29 is 0 Å². The van der Waals surface area contributed by atoms with E-state index < -0.39 is 0 Å². The van der Waals surface area contributed by atoms with E-state index in [-0.39, 0.29) is 0 Å². The third-order valence-corrected chi connectivity index (χ3v) is 6.45. The summed E-state index contributed by atoms with van der Waals surface area (Å²) in [6.07, 6.45) is 7.27. The fraction of sp³-hybridized carbons (Fsp3) is 0.154. The molecule has 2 aliphatic rings. The van der Waals surface area contributed by atoms with Crippen molar-refractivity contribution in [2.75, 3.05) is 0 Å². The van der Waals surface area contributed by atoms with Gasteiger partial charge in [0.25, 0.3) is 0 Å². The molecule has 0 radical (unpaired) electrons. The van der Waals surface area contributed by atoms with Crippen molar-refractivity contribution in [1.82, 2.24) is 0 Å². The summed E-state index contributed by atoms with van der Waals surface area (Å²) in [6, 6.07) is 27.0. The first-order valence-electron chi connectivity index (χ1n) is 9.60. The van der Waals surface area contributed by atoms with E-state index in [2.05, 4.69) is 84.9 Å². The molecule has 26 heavy (non-hydrogen) atoms. The molecule has 0 nitrogen and oxygen atoms in total. The van der Waals surface area contributed by atoms with Crippen LogP contribution >= 0.6 is 0 Å². The van der Waals surface area contributed by atoms with Gasteiger partial charge in [-0.2, -0.15) is 0 Å². The smallest absolute Gasteiger partial charge is 0.00964 e. The summed E-state index contributed by atoms with van der Waals surface area (Å²) in [7, 11) is 0. The van der Waals surface area contributed by atoms with E-state index in [9.17, 15) is 0 Å². The average Bonchev–Trinajstić information content (AvgIpc) is 3.32. The Balaban J connectivity index is 1.49. The topological polar surface area (TPSA) is 0 Å². The van der Waals surface area contributed by atoms with Crippen LogP contribution in [-0.4, -0.2) is 0 Å². The Hall–Kier alpha value is -2.86. The Morgan fingerprint density at radius 2 is 1.35 bits per heavy atom. The zero-order chi connectivity index (χ0) is 17.1. The van der Waals surface area contributed by atoms with Crippen LogP contribution in [0.3, 0.4) is 0 Å². The molecule has 0 fully saturated rings. The van der Waals surface area contributed by atoms with E-state index >= 15 is 0 Å². The molecule has 0 bridgehead atoms. The quantitative estimate of drug-likeness (QED) is 0.358. The number of rotatable bonds is 1. The van der Waals surface area contributed by atoms with Gasteiger partial charge in [-0.05, 0) is 62.6 Å². The summed E-state index contributed by atoms with van der Waals surface area (Å²) >= 11 is 0. The minimum atomic E-state index is 0.511. The van der Waals surface area contributed by atoms with Gasteiger partial charge in [-0.3, -0.25) is 0 Å². The molecule has 6 rings (SSSR count). The third kappa shape index (κ3) is 1.90. The Morgan fingerprint density at radius 3 is 2.19 bits per heavy atom. The summed E-state index contributed by atoms with van der Waals surface area (Å²) < 4.78 is 0. The Labute approximate surface area is 153 Å². The summed E-state index contributed by atoms with van der Waals surface area (Å²) in [5.41, 5.74) is 6.09. The SMILES string of the molecule is C1=CC(C2CCc3c2ccc2ccccc32)c2ccc3ccccc3c21. The van der Waals surface area contributed by atoms with Crippen molar-refractivity contribution in [3.8, 4) is 0 Å². The molecule has 4 aromatic carbocycles. The van der Waals surface area contributed by atoms with Gasteiger partial charge in [0.2, 0.25) is 0 Å². The molecule has 2 aliphatic carbocycles. The van der Waals surface area contributed by atoms with Crippen LogP contribution in [0.15, 0.2) is 78.9 Å². The van der Waals surface area contributed by atoms with Crippen molar-refractivity contribution in [2.24, 2.45) is 0 Å². The maximum absolute atomic E-state index is 2.45. The molecule has 2 atom stereocenters. The van der Waals surface area contributed by atoms with Gasteiger partial charge in [-0.15, -0.1) is 0 Å². The molecule has 0 saturated heterocycles. The molecule has 2 unspecified atom stereocenters. The summed E-state index contributed by atoms with van der Waals surface area (Å²) in [5, 5.41) is 5.56. The first-order chi connectivity index (χ1) is 12.9. The van der Waals surface area contributed by atoms with Gasteiger partial charge in [0.15, 0.2) is 0 Å². The minimum absolute atomic E-state index is 0.511. The van der Waals surface area contributed by atoms with E-state index in [4.69, 9.17) is 0 Å². The number of hydrogen-bond donors (Lipinski definition) is 0. The molecule has 0 spiro atoms. The number of allylic oxidation sites excluding steroid dienone is 1. The largest absolute Gasteiger partial charge is 0.0757 e. The maximum Gasteiger partial charge on any atom is 0.00964 e. The van der Waals surface area contributed by atoms with Gasteiger partial charge in [-0.1, -0.05) is 84.9 Å². The standard InChI is InChI=1S/C26H20/c1-3-7-19-17(5-1)9-11-23-21(19)13-15-25(23)26-16-14-22-20-8-4-2-6-18(20)10-12-24(22)26/h1-13,15,25-26H,14,16H2. The van der Waals surface area contributed by atoms with Gasteiger partial charge in [0, 0.05) is 5.92 Å². The highest BCUT2D eigenvalue weighted by Gasteiger charge is 2.33. The zero-order valence-electron chi connectivity index (χ0n) is 14.7. The van der Waals surface area contributed by atoms with E-state index in [1.54, 1.807) is 11.1 Å². The fourth-order valence-corrected chi connectivity index (χ4v) is 5.25. The summed E-state index contributed by atoms with van der Waals surface area (Å²) in [5.74, 6) is 1.12. The van der Waals surface area contributed by atoms with E-state index in [1.807, 2.05) is 0 Å². The molecule has 4 aromatic rings. The third-order valence-electron chi connectivity index (χ3n) is 6.45. The number of benzene rings is 4. The van der Waals surface area contributed by atoms with Crippen molar-refractivity contribution in [1.29, 1.82) is 0 Å². The molecule has 0 N–H and O–H groups in total. The van der Waals surface area contributed by atoms with E-state index in [1.165, 1.54) is 45.5 Å². The van der Waals surface area contributed by atoms with Crippen molar-refractivity contribution >= 4 is 27.6 Å². The molecule has 0 saturated carbocycles. The lowest BCUT2D eigenvalue weighted by Crippen LogP contribution is -2.05. The number of aryl methyl sites for hydroxylation is 1. The first-order valence-corrected chi connectivity index (χ1v) is 9.60. The van der Waals surface area contributed by atoms with Crippen molar-refractivity contribution in [3.05, 3.63) is 101 Å². The van der Waals surface area contributed by atoms with E-state index in [0.29, 0.717) is 11.8 Å². The maximum atomic E-state index is 2.45. The minimum Gasteiger partial charge on any atom is -0.0757 e. The van der Waals surface area contributed by atoms with Crippen molar-refractivity contribution in [2.45, 2.75) is 24.7 Å². The van der Waals surface area contributed by atoms with Gasteiger partial charge in [0.1, 0.15) is 0 Å². The summed E-state index contributed by atoms with van der Waals surface area (Å²) in [4.78, 5) is 0. The molecular formula is C26H20. The van der Waals surface area contributed by atoms with E-state index in [0.717, 1.165) is 0 Å². The molecule has 0 heterocycles. The molecule has 0 aromatic heterocycles. The summed E-state index contributed by atoms with van der Waals surface area (Å²) in [6.45, 7) is 0. The van der Waals surface area contributed by atoms with Crippen LogP contribution in [0.4, 0.5) is 0 Å². The normalized spacial score (nSPS) is 20.6. The second-order valence-corrected chi connectivity index (χ2v) is 7.67. The zero-order valence-corrected chi connectivity index (χ0v) is 14.7. The molecular weight excluding hydrogens is 312 g/mol. The van der Waals surface area contributed by atoms with Crippen molar-refractivity contribution in [3.63, 3.8) is 0 Å². The van der Waals surface area contributed by atoms with Crippen LogP contribution in [0.1, 0.15) is 40.5 Å². The lowest BCUT2D eigenvalue weighted by Gasteiger charge is -2.21. The van der Waals surface area contributed by atoms with Crippen LogP contribution in [0.2, 0.25) is 0 Å². The predicted octanol–water partition coefficient (Wildman–Crippen LogP) is 6.83. The van der Waals surface area contributed by atoms with Crippen LogP contribution in [0.5, 0.6) is 0 Å². The number of hydrogen-bond acceptors (Lipinski definition) is 0. The lowest BCUT2D eigenvalue weighted by molar-refractivity contribution is 0.619. The van der Waals surface area contributed by atoms with Gasteiger partial charge in [-0.25, -0.2) is 0 Å². The lowest BCUT2D eigenvalue weighted by atomic mass is 9.82. The fourth-order valence-electron chi connectivity index (χ4n) is 5.25. The Bertz CT molecular complexity index is 1200. The Kier molecular flexibility index (Phi) is 2.93. The average molecular weight is 332 g/mol. The highest BCUT2D eigenvalue weighted by atomic mass is 14.4. The number of fused-ring (bicyclic) bond motifs is 6. The van der Waals surface area contributed by atoms with Crippen LogP contribution in [0.25, 0.3) is 27.6 Å². The highest BCUT2D eigenvalue weighted by Crippen LogP contribution is 2.49. The highest BCUT2D eigenvalue weighted by molar-refractivity contribution is 5.94. The monoisotopic (exact) mass is 332 g/mol. The first kappa shape index (κ1) is 14.3. The van der Waals surface area contributed by atoms with Crippen LogP contribution in [0, 0.1) is 0 Å². The molecule has 0 heteroatoms. The molecule has 0 amide bonds. The van der Waals surface area contributed by atoms with Gasteiger partial charge >= 0.3 is 0 Å². The second-order valence-electron chi connectivity index (χ2n) is 7.67. The van der Waals surface area contributed by atoms with Gasteiger partial charge in [0.05, 0.1) is 0 Å². The second kappa shape index (κ2) is 5.32. The van der Waals surface area contributed by atoms with Crippen LogP contribution < -0.4 is 0 Å². The molecule has 124 valence electrons. The predicted molar refractivity (Wildman–Crippen MR) is 111 cm³/mol. The van der Waals surface area contributed by atoms with Gasteiger partial charge < -0.3 is 0 Å².